The first-order valence-corrected chi connectivity index (χ1v) is 6.83. The van der Waals surface area contributed by atoms with Gasteiger partial charge in [0.1, 0.15) is 5.75 Å². The molecule has 3 nitrogen and oxygen atoms in total. The van der Waals surface area contributed by atoms with Gasteiger partial charge in [0, 0.05) is 18.7 Å². The molecule has 1 aromatic carbocycles. The van der Waals surface area contributed by atoms with Crippen LogP contribution in [0.3, 0.4) is 0 Å². The Bertz CT molecular complexity index is 352. The standard InChI is InChI=1S/C15H26N2O/c1-4-6-9-17(5-2)12-14-10-13(11-16)7-8-15(14)18-3/h7-8,10H,4-6,9,11-12,16H2,1-3H3. The molecule has 1 aromatic rings. The lowest BCUT2D eigenvalue weighted by atomic mass is 10.1. The number of nitrogens with zero attached hydrogens (tertiary/aromatic N) is 1. The van der Waals surface area contributed by atoms with Crippen LogP contribution < -0.4 is 10.5 Å². The van der Waals surface area contributed by atoms with Gasteiger partial charge in [-0.15, -0.1) is 0 Å². The van der Waals surface area contributed by atoms with Gasteiger partial charge >= 0.3 is 0 Å². The molecule has 0 aromatic heterocycles. The molecular weight excluding hydrogens is 224 g/mol. The largest absolute Gasteiger partial charge is 0.496 e. The fraction of sp³-hybridized carbons (Fsp3) is 0.600. The van der Waals surface area contributed by atoms with Gasteiger partial charge in [0.25, 0.3) is 0 Å². The Morgan fingerprint density at radius 1 is 1.28 bits per heavy atom. The second kappa shape index (κ2) is 8.11. The number of rotatable bonds is 8. The highest BCUT2D eigenvalue weighted by Gasteiger charge is 2.08. The lowest BCUT2D eigenvalue weighted by Gasteiger charge is -2.21. The first-order chi connectivity index (χ1) is 8.74. The normalized spacial score (nSPS) is 10.9. The Morgan fingerprint density at radius 2 is 2.06 bits per heavy atom. The van der Waals surface area contributed by atoms with E-state index in [4.69, 9.17) is 10.5 Å². The minimum absolute atomic E-state index is 0.581. The molecule has 0 saturated carbocycles. The molecule has 0 amide bonds. The first-order valence-electron chi connectivity index (χ1n) is 6.83. The predicted octanol–water partition coefficient (Wildman–Crippen LogP) is 2.78. The van der Waals surface area contributed by atoms with Crippen LogP contribution in [0.5, 0.6) is 5.75 Å². The molecule has 0 bridgehead atoms. The van der Waals surface area contributed by atoms with Crippen LogP contribution >= 0.6 is 0 Å². The molecule has 0 aliphatic carbocycles. The van der Waals surface area contributed by atoms with Crippen molar-refractivity contribution in [3.8, 4) is 5.75 Å². The Balaban J connectivity index is 2.78. The lowest BCUT2D eigenvalue weighted by molar-refractivity contribution is 0.270. The summed E-state index contributed by atoms with van der Waals surface area (Å²) in [5.41, 5.74) is 8.10. The highest BCUT2D eigenvalue weighted by atomic mass is 16.5. The van der Waals surface area contributed by atoms with E-state index in [1.807, 2.05) is 12.1 Å². The molecule has 3 heteroatoms. The summed E-state index contributed by atoms with van der Waals surface area (Å²) in [6.45, 7) is 8.16. The topological polar surface area (TPSA) is 38.5 Å². The van der Waals surface area contributed by atoms with Crippen molar-refractivity contribution in [1.29, 1.82) is 0 Å². The van der Waals surface area contributed by atoms with E-state index in [1.165, 1.54) is 18.4 Å². The quantitative estimate of drug-likeness (QED) is 0.771. The minimum atomic E-state index is 0.581. The SMILES string of the molecule is CCCCN(CC)Cc1cc(CN)ccc1OC. The number of unbranched alkanes of at least 4 members (excludes halogenated alkanes) is 1. The Morgan fingerprint density at radius 3 is 2.61 bits per heavy atom. The van der Waals surface area contributed by atoms with E-state index in [9.17, 15) is 0 Å². The van der Waals surface area contributed by atoms with Crippen molar-refractivity contribution >= 4 is 0 Å². The number of hydrogen-bond donors (Lipinski definition) is 1. The van der Waals surface area contributed by atoms with Crippen molar-refractivity contribution in [1.82, 2.24) is 4.90 Å². The molecule has 0 radical (unpaired) electrons. The Hall–Kier alpha value is -1.06. The van der Waals surface area contributed by atoms with Crippen molar-refractivity contribution in [3.05, 3.63) is 29.3 Å². The van der Waals surface area contributed by atoms with Crippen molar-refractivity contribution in [2.24, 2.45) is 5.73 Å². The third-order valence-electron chi connectivity index (χ3n) is 3.25. The van der Waals surface area contributed by atoms with E-state index >= 15 is 0 Å². The van der Waals surface area contributed by atoms with Gasteiger partial charge in [0.15, 0.2) is 0 Å². The van der Waals surface area contributed by atoms with Crippen LogP contribution in [0.2, 0.25) is 0 Å². The average Bonchev–Trinajstić information content (AvgIpc) is 2.43. The van der Waals surface area contributed by atoms with Gasteiger partial charge in [-0.2, -0.15) is 0 Å². The summed E-state index contributed by atoms with van der Waals surface area (Å²) in [6, 6.07) is 6.21. The molecule has 0 aliphatic heterocycles. The Labute approximate surface area is 111 Å². The molecule has 2 N–H and O–H groups in total. The monoisotopic (exact) mass is 250 g/mol. The van der Waals surface area contributed by atoms with Crippen LogP contribution in [-0.2, 0) is 13.1 Å². The molecule has 0 atom stereocenters. The lowest BCUT2D eigenvalue weighted by Crippen LogP contribution is -2.24. The van der Waals surface area contributed by atoms with Gasteiger partial charge in [0.2, 0.25) is 0 Å². The van der Waals surface area contributed by atoms with Crippen LogP contribution in [0.25, 0.3) is 0 Å². The number of methoxy groups -OCH3 is 1. The summed E-state index contributed by atoms with van der Waals surface area (Å²) >= 11 is 0. The zero-order chi connectivity index (χ0) is 13.4. The van der Waals surface area contributed by atoms with Gasteiger partial charge in [0.05, 0.1) is 7.11 Å². The third kappa shape index (κ3) is 4.31. The molecule has 0 aliphatic rings. The van der Waals surface area contributed by atoms with Crippen molar-refractivity contribution in [3.63, 3.8) is 0 Å². The zero-order valence-electron chi connectivity index (χ0n) is 11.9. The van der Waals surface area contributed by atoms with Crippen LogP contribution in [0.4, 0.5) is 0 Å². The maximum absolute atomic E-state index is 5.70. The highest BCUT2D eigenvalue weighted by Crippen LogP contribution is 2.21. The van der Waals surface area contributed by atoms with Gasteiger partial charge in [-0.25, -0.2) is 0 Å². The summed E-state index contributed by atoms with van der Waals surface area (Å²) in [5.74, 6) is 0.960. The van der Waals surface area contributed by atoms with Crippen LogP contribution in [-0.4, -0.2) is 25.1 Å². The summed E-state index contributed by atoms with van der Waals surface area (Å²) in [5, 5.41) is 0. The summed E-state index contributed by atoms with van der Waals surface area (Å²) < 4.78 is 5.43. The molecule has 0 heterocycles. The maximum Gasteiger partial charge on any atom is 0.123 e. The molecule has 1 rings (SSSR count). The smallest absolute Gasteiger partial charge is 0.123 e. The van der Waals surface area contributed by atoms with Crippen molar-refractivity contribution in [2.75, 3.05) is 20.2 Å². The highest BCUT2D eigenvalue weighted by molar-refractivity contribution is 5.37. The summed E-state index contributed by atoms with van der Waals surface area (Å²) in [4.78, 5) is 2.45. The van der Waals surface area contributed by atoms with E-state index in [-0.39, 0.29) is 0 Å². The van der Waals surface area contributed by atoms with E-state index in [2.05, 4.69) is 24.8 Å². The minimum Gasteiger partial charge on any atom is -0.496 e. The third-order valence-corrected chi connectivity index (χ3v) is 3.25. The molecule has 0 unspecified atom stereocenters. The molecule has 18 heavy (non-hydrogen) atoms. The molecular formula is C15H26N2O. The fourth-order valence-electron chi connectivity index (χ4n) is 2.05. The first kappa shape index (κ1) is 15.0. The van der Waals surface area contributed by atoms with Crippen molar-refractivity contribution < 1.29 is 4.74 Å². The molecule has 0 fully saturated rings. The second-order valence-electron chi connectivity index (χ2n) is 4.57. The van der Waals surface area contributed by atoms with Crippen LogP contribution in [0.15, 0.2) is 18.2 Å². The van der Waals surface area contributed by atoms with Crippen molar-refractivity contribution in [2.45, 2.75) is 39.8 Å². The van der Waals surface area contributed by atoms with Crippen LogP contribution in [0.1, 0.15) is 37.8 Å². The van der Waals surface area contributed by atoms with Gasteiger partial charge in [-0.3, -0.25) is 4.90 Å². The Kier molecular flexibility index (Phi) is 6.76. The maximum atomic E-state index is 5.70. The van der Waals surface area contributed by atoms with Gasteiger partial charge in [-0.05, 0) is 37.2 Å². The molecule has 102 valence electrons. The van der Waals surface area contributed by atoms with Crippen LogP contribution in [0, 0.1) is 0 Å². The van der Waals surface area contributed by atoms with E-state index in [0.717, 1.165) is 30.9 Å². The van der Waals surface area contributed by atoms with E-state index in [1.54, 1.807) is 7.11 Å². The number of nitrogens with two attached hydrogens (primary N) is 1. The number of hydrogen-bond acceptors (Lipinski definition) is 3. The van der Waals surface area contributed by atoms with E-state index in [0.29, 0.717) is 6.54 Å². The fourth-order valence-corrected chi connectivity index (χ4v) is 2.05. The molecule has 0 saturated heterocycles. The number of benzene rings is 1. The number of ether oxygens (including phenoxy) is 1. The second-order valence-corrected chi connectivity index (χ2v) is 4.57. The van der Waals surface area contributed by atoms with Gasteiger partial charge < -0.3 is 10.5 Å². The predicted molar refractivity (Wildman–Crippen MR) is 76.7 cm³/mol. The zero-order valence-corrected chi connectivity index (χ0v) is 11.9. The summed E-state index contributed by atoms with van der Waals surface area (Å²) in [6.07, 6.45) is 2.48. The van der Waals surface area contributed by atoms with E-state index < -0.39 is 0 Å². The molecule has 0 spiro atoms. The summed E-state index contributed by atoms with van der Waals surface area (Å²) in [7, 11) is 1.73. The average molecular weight is 250 g/mol. The van der Waals surface area contributed by atoms with Gasteiger partial charge in [-0.1, -0.05) is 26.3 Å².